The van der Waals surface area contributed by atoms with Crippen molar-refractivity contribution in [3.63, 3.8) is 0 Å². The molecular weight excluding hydrogens is 314 g/mol. The van der Waals surface area contributed by atoms with E-state index in [2.05, 4.69) is 19.9 Å². The van der Waals surface area contributed by atoms with E-state index in [1.165, 1.54) is 10.6 Å². The minimum atomic E-state index is -3.48. The third-order valence-corrected chi connectivity index (χ3v) is 5.93. The smallest absolute Gasteiger partial charge is 0.259 e. The second kappa shape index (κ2) is 6.38. The minimum Gasteiger partial charge on any atom is -0.259 e. The van der Waals surface area contributed by atoms with Gasteiger partial charge in [0.2, 0.25) is 0 Å². The monoisotopic (exact) mass is 335 g/mol. The van der Waals surface area contributed by atoms with Gasteiger partial charge < -0.3 is 0 Å². The number of nitrogens with zero attached hydrogens (tertiary/aromatic N) is 3. The number of rotatable bonds is 7. The first-order chi connectivity index (χ1) is 11.0. The lowest BCUT2D eigenvalue weighted by atomic mass is 10.1. The van der Waals surface area contributed by atoms with Gasteiger partial charge in [-0.2, -0.15) is 22.5 Å². The van der Waals surface area contributed by atoms with Gasteiger partial charge in [0.1, 0.15) is 6.33 Å². The fraction of sp³-hybridized carbons (Fsp3) is 0.467. The molecule has 23 heavy (non-hydrogen) atoms. The first kappa shape index (κ1) is 16.1. The summed E-state index contributed by atoms with van der Waals surface area (Å²) in [6, 6.07) is 7.59. The van der Waals surface area contributed by atoms with Crippen LogP contribution in [0.1, 0.15) is 25.3 Å². The average molecular weight is 335 g/mol. The molecule has 2 aromatic rings. The molecule has 1 atom stereocenters. The number of benzene rings is 1. The second-order valence-electron chi connectivity index (χ2n) is 5.95. The van der Waals surface area contributed by atoms with Crippen LogP contribution in [0, 0.1) is 5.92 Å². The SMILES string of the molecule is C[C@@H](C1CC1)N(C)S(=O)(=O)NCc1cccc(-c2ncn[nH]2)c1. The van der Waals surface area contributed by atoms with Crippen LogP contribution >= 0.6 is 0 Å². The molecule has 0 spiro atoms. The van der Waals surface area contributed by atoms with E-state index in [1.54, 1.807) is 7.05 Å². The highest BCUT2D eigenvalue weighted by Crippen LogP contribution is 2.35. The Bertz CT molecular complexity index is 756. The van der Waals surface area contributed by atoms with Crippen LogP contribution in [0.5, 0.6) is 0 Å². The highest BCUT2D eigenvalue weighted by Gasteiger charge is 2.35. The minimum absolute atomic E-state index is 0.0352. The normalized spacial score (nSPS) is 16.7. The van der Waals surface area contributed by atoms with Crippen molar-refractivity contribution in [1.82, 2.24) is 24.2 Å². The summed E-state index contributed by atoms with van der Waals surface area (Å²) >= 11 is 0. The molecule has 2 N–H and O–H groups in total. The molecule has 0 aliphatic heterocycles. The molecule has 1 aliphatic carbocycles. The maximum Gasteiger partial charge on any atom is 0.279 e. The summed E-state index contributed by atoms with van der Waals surface area (Å²) in [6.07, 6.45) is 3.67. The van der Waals surface area contributed by atoms with E-state index in [-0.39, 0.29) is 12.6 Å². The lowest BCUT2D eigenvalue weighted by molar-refractivity contribution is 0.351. The zero-order valence-corrected chi connectivity index (χ0v) is 14.0. The van der Waals surface area contributed by atoms with Gasteiger partial charge in [-0.05, 0) is 37.3 Å². The molecule has 1 saturated carbocycles. The highest BCUT2D eigenvalue weighted by atomic mass is 32.2. The number of aromatic nitrogens is 3. The maximum absolute atomic E-state index is 12.4. The van der Waals surface area contributed by atoms with Gasteiger partial charge in [-0.1, -0.05) is 18.2 Å². The molecule has 8 heteroatoms. The van der Waals surface area contributed by atoms with Gasteiger partial charge in [-0.3, -0.25) is 5.10 Å². The van der Waals surface area contributed by atoms with Crippen LogP contribution < -0.4 is 4.72 Å². The van der Waals surface area contributed by atoms with Crippen LogP contribution in [0.3, 0.4) is 0 Å². The molecule has 1 aromatic heterocycles. The van der Waals surface area contributed by atoms with Gasteiger partial charge in [-0.25, -0.2) is 4.98 Å². The van der Waals surface area contributed by atoms with Crippen molar-refractivity contribution in [3.8, 4) is 11.4 Å². The van der Waals surface area contributed by atoms with E-state index < -0.39 is 10.2 Å². The van der Waals surface area contributed by atoms with Crippen molar-refractivity contribution in [2.24, 2.45) is 5.92 Å². The summed E-state index contributed by atoms with van der Waals surface area (Å²) < 4.78 is 28.9. The molecule has 0 unspecified atom stereocenters. The Morgan fingerprint density at radius 1 is 1.43 bits per heavy atom. The van der Waals surface area contributed by atoms with E-state index in [0.717, 1.165) is 24.0 Å². The zero-order valence-electron chi connectivity index (χ0n) is 13.2. The Kier molecular flexibility index (Phi) is 4.47. The Labute approximate surface area is 136 Å². The van der Waals surface area contributed by atoms with Crippen molar-refractivity contribution < 1.29 is 8.42 Å². The van der Waals surface area contributed by atoms with E-state index in [1.807, 2.05) is 31.2 Å². The first-order valence-electron chi connectivity index (χ1n) is 7.64. The Balaban J connectivity index is 1.66. The number of hydrogen-bond donors (Lipinski definition) is 2. The summed E-state index contributed by atoms with van der Waals surface area (Å²) in [5.41, 5.74) is 1.74. The molecule has 0 saturated heterocycles. The maximum atomic E-state index is 12.4. The predicted molar refractivity (Wildman–Crippen MR) is 87.5 cm³/mol. The second-order valence-corrected chi connectivity index (χ2v) is 7.77. The molecule has 0 bridgehead atoms. The fourth-order valence-corrected chi connectivity index (χ4v) is 3.71. The number of H-pyrrole nitrogens is 1. The summed E-state index contributed by atoms with van der Waals surface area (Å²) in [5, 5.41) is 6.62. The van der Waals surface area contributed by atoms with Gasteiger partial charge in [0.05, 0.1) is 0 Å². The van der Waals surface area contributed by atoms with Crippen LogP contribution in [-0.4, -0.2) is 41.0 Å². The van der Waals surface area contributed by atoms with E-state index in [4.69, 9.17) is 0 Å². The summed E-state index contributed by atoms with van der Waals surface area (Å²) in [4.78, 5) is 4.10. The third kappa shape index (κ3) is 3.77. The summed E-state index contributed by atoms with van der Waals surface area (Å²) in [6.45, 7) is 2.20. The molecule has 1 aliphatic rings. The molecule has 124 valence electrons. The molecule has 3 rings (SSSR count). The van der Waals surface area contributed by atoms with Crippen LogP contribution in [-0.2, 0) is 16.8 Å². The average Bonchev–Trinajstić information content (AvgIpc) is 3.26. The van der Waals surface area contributed by atoms with Gasteiger partial charge in [0, 0.05) is 25.2 Å². The molecule has 0 radical (unpaired) electrons. The van der Waals surface area contributed by atoms with Crippen molar-refractivity contribution in [1.29, 1.82) is 0 Å². The van der Waals surface area contributed by atoms with E-state index >= 15 is 0 Å². The number of aromatic amines is 1. The Morgan fingerprint density at radius 3 is 2.87 bits per heavy atom. The van der Waals surface area contributed by atoms with Crippen LogP contribution in [0.2, 0.25) is 0 Å². The molecular formula is C15H21N5O2S. The molecule has 1 fully saturated rings. The summed E-state index contributed by atoms with van der Waals surface area (Å²) in [7, 11) is -1.85. The van der Waals surface area contributed by atoms with Crippen molar-refractivity contribution in [2.45, 2.75) is 32.4 Å². The van der Waals surface area contributed by atoms with Gasteiger partial charge in [0.15, 0.2) is 5.82 Å². The van der Waals surface area contributed by atoms with Gasteiger partial charge >= 0.3 is 0 Å². The fourth-order valence-electron chi connectivity index (χ4n) is 2.54. The highest BCUT2D eigenvalue weighted by molar-refractivity contribution is 7.87. The zero-order chi connectivity index (χ0) is 16.4. The molecule has 7 nitrogen and oxygen atoms in total. The predicted octanol–water partition coefficient (Wildman–Crippen LogP) is 1.54. The van der Waals surface area contributed by atoms with Gasteiger partial charge in [-0.15, -0.1) is 0 Å². The standard InChI is InChI=1S/C15H21N5O2S/c1-11(13-6-7-13)20(2)23(21,22)18-9-12-4-3-5-14(8-12)15-16-10-17-19-15/h3-5,8,10-11,13,18H,6-7,9H2,1-2H3,(H,16,17,19)/t11-/m0/s1. The van der Waals surface area contributed by atoms with Crippen molar-refractivity contribution in [2.75, 3.05) is 7.05 Å². The first-order valence-corrected chi connectivity index (χ1v) is 9.08. The molecule has 1 aromatic carbocycles. The summed E-state index contributed by atoms with van der Waals surface area (Å²) in [5.74, 6) is 1.15. The Hall–Kier alpha value is -1.77. The van der Waals surface area contributed by atoms with Crippen molar-refractivity contribution >= 4 is 10.2 Å². The van der Waals surface area contributed by atoms with Crippen LogP contribution in [0.25, 0.3) is 11.4 Å². The molecule has 1 heterocycles. The van der Waals surface area contributed by atoms with Crippen molar-refractivity contribution in [3.05, 3.63) is 36.2 Å². The van der Waals surface area contributed by atoms with Crippen LogP contribution in [0.15, 0.2) is 30.6 Å². The Morgan fingerprint density at radius 2 is 2.22 bits per heavy atom. The van der Waals surface area contributed by atoms with E-state index in [0.29, 0.717) is 11.7 Å². The third-order valence-electron chi connectivity index (χ3n) is 4.33. The number of hydrogen-bond acceptors (Lipinski definition) is 4. The van der Waals surface area contributed by atoms with E-state index in [9.17, 15) is 8.42 Å². The lowest BCUT2D eigenvalue weighted by Gasteiger charge is -2.24. The lowest BCUT2D eigenvalue weighted by Crippen LogP contribution is -2.43. The number of nitrogens with one attached hydrogen (secondary N) is 2. The quantitative estimate of drug-likeness (QED) is 0.803. The topological polar surface area (TPSA) is 91.0 Å². The van der Waals surface area contributed by atoms with Crippen LogP contribution in [0.4, 0.5) is 0 Å². The molecule has 0 amide bonds. The van der Waals surface area contributed by atoms with Gasteiger partial charge in [0.25, 0.3) is 10.2 Å². The largest absolute Gasteiger partial charge is 0.279 e.